The third-order valence-electron chi connectivity index (χ3n) is 2.57. The van der Waals surface area contributed by atoms with Crippen molar-refractivity contribution in [3.63, 3.8) is 0 Å². The topological polar surface area (TPSA) is 12.9 Å². The zero-order chi connectivity index (χ0) is 14.0. The summed E-state index contributed by atoms with van der Waals surface area (Å²) in [6.07, 6.45) is 0. The van der Waals surface area contributed by atoms with Gasteiger partial charge in [0.1, 0.15) is 5.01 Å². The Morgan fingerprint density at radius 1 is 1.32 bits per heavy atom. The summed E-state index contributed by atoms with van der Waals surface area (Å²) in [4.78, 5) is 6.10. The van der Waals surface area contributed by atoms with Crippen molar-refractivity contribution in [1.82, 2.24) is 4.98 Å². The molecule has 0 atom stereocenters. The lowest BCUT2D eigenvalue weighted by molar-refractivity contribution is 0.802. The Bertz CT molecular complexity index is 570. The first-order valence-electron chi connectivity index (χ1n) is 6.21. The second-order valence-electron chi connectivity index (χ2n) is 5.42. The van der Waals surface area contributed by atoms with Gasteiger partial charge < -0.3 is 0 Å². The number of aryl methyl sites for hydroxylation is 1. The predicted octanol–water partition coefficient (Wildman–Crippen LogP) is 5.91. The van der Waals surface area contributed by atoms with E-state index in [0.717, 1.165) is 15.9 Å². The number of aromatic nitrogens is 1. The fourth-order valence-electron chi connectivity index (χ4n) is 1.69. The number of benzene rings is 1. The molecule has 102 valence electrons. The average molecular weight is 356 g/mol. The van der Waals surface area contributed by atoms with Crippen molar-refractivity contribution in [2.24, 2.45) is 0 Å². The summed E-state index contributed by atoms with van der Waals surface area (Å²) >= 11 is 7.27. The molecule has 0 N–H and O–H groups in total. The second kappa shape index (κ2) is 5.98. The summed E-state index contributed by atoms with van der Waals surface area (Å²) in [5.74, 6) is 0.989. The normalized spacial score (nSPS) is 11.8. The van der Waals surface area contributed by atoms with Crippen LogP contribution in [0.5, 0.6) is 0 Å². The van der Waals surface area contributed by atoms with Gasteiger partial charge in [-0.1, -0.05) is 48.8 Å². The van der Waals surface area contributed by atoms with Crippen LogP contribution in [0.1, 0.15) is 30.7 Å². The van der Waals surface area contributed by atoms with E-state index < -0.39 is 0 Å². The van der Waals surface area contributed by atoms with Gasteiger partial charge >= 0.3 is 0 Å². The minimum Gasteiger partial charge on any atom is -0.240 e. The Kier molecular flexibility index (Phi) is 4.75. The molecular weight excluding hydrogens is 338 g/mol. The van der Waals surface area contributed by atoms with E-state index in [1.165, 1.54) is 15.4 Å². The highest BCUT2D eigenvalue weighted by Crippen LogP contribution is 2.33. The van der Waals surface area contributed by atoms with Gasteiger partial charge in [-0.05, 0) is 19.1 Å². The molecule has 4 heteroatoms. The third-order valence-corrected chi connectivity index (χ3v) is 5.50. The number of halogens is 1. The number of thioether (sulfide) groups is 1. The molecule has 0 aliphatic heterocycles. The van der Waals surface area contributed by atoms with Gasteiger partial charge in [0.05, 0.1) is 5.69 Å². The van der Waals surface area contributed by atoms with Crippen molar-refractivity contribution in [1.29, 1.82) is 0 Å². The molecule has 0 saturated carbocycles. The first-order chi connectivity index (χ1) is 8.85. The SMILES string of the molecule is Cc1sc(CSC(C)(C)C)nc1-c1cccc(Br)c1. The molecule has 2 rings (SSSR count). The van der Waals surface area contributed by atoms with E-state index in [0.29, 0.717) is 0 Å². The average Bonchev–Trinajstić information content (AvgIpc) is 2.67. The standard InChI is InChI=1S/C15H18BrNS2/c1-10-14(11-6-5-7-12(16)8-11)17-13(19-10)9-18-15(2,3)4/h5-8H,9H2,1-4H3. The molecule has 1 heterocycles. The first kappa shape index (κ1) is 15.1. The number of rotatable bonds is 3. The lowest BCUT2D eigenvalue weighted by Crippen LogP contribution is -2.07. The van der Waals surface area contributed by atoms with E-state index in [1.54, 1.807) is 0 Å². The van der Waals surface area contributed by atoms with E-state index >= 15 is 0 Å². The van der Waals surface area contributed by atoms with Crippen LogP contribution < -0.4 is 0 Å². The molecular formula is C15H18BrNS2. The van der Waals surface area contributed by atoms with Crippen LogP contribution in [0.25, 0.3) is 11.3 Å². The molecule has 1 nitrogen and oxygen atoms in total. The Morgan fingerprint density at radius 2 is 2.05 bits per heavy atom. The Hall–Kier alpha value is -0.320. The van der Waals surface area contributed by atoms with Gasteiger partial charge in [0.15, 0.2) is 0 Å². The largest absolute Gasteiger partial charge is 0.240 e. The zero-order valence-electron chi connectivity index (χ0n) is 11.7. The van der Waals surface area contributed by atoms with Crippen LogP contribution in [0.3, 0.4) is 0 Å². The van der Waals surface area contributed by atoms with Gasteiger partial charge in [0.25, 0.3) is 0 Å². The van der Waals surface area contributed by atoms with Crippen LogP contribution >= 0.6 is 39.0 Å². The van der Waals surface area contributed by atoms with Crippen LogP contribution in [0.4, 0.5) is 0 Å². The maximum atomic E-state index is 4.80. The van der Waals surface area contributed by atoms with Crippen molar-refractivity contribution in [2.45, 2.75) is 38.2 Å². The van der Waals surface area contributed by atoms with Crippen LogP contribution in [0, 0.1) is 6.92 Å². The quantitative estimate of drug-likeness (QED) is 0.678. The summed E-state index contributed by atoms with van der Waals surface area (Å²) in [6.45, 7) is 8.88. The van der Waals surface area contributed by atoms with Gasteiger partial charge in [-0.3, -0.25) is 0 Å². The second-order valence-corrected chi connectivity index (χ2v) is 9.43. The van der Waals surface area contributed by atoms with Gasteiger partial charge in [-0.2, -0.15) is 0 Å². The summed E-state index contributed by atoms with van der Waals surface area (Å²) in [5.41, 5.74) is 2.31. The number of nitrogens with zero attached hydrogens (tertiary/aromatic N) is 1. The van der Waals surface area contributed by atoms with Crippen LogP contribution in [-0.4, -0.2) is 9.73 Å². The van der Waals surface area contributed by atoms with E-state index in [-0.39, 0.29) is 4.75 Å². The van der Waals surface area contributed by atoms with E-state index in [9.17, 15) is 0 Å². The highest BCUT2D eigenvalue weighted by molar-refractivity contribution is 9.10. The minimum atomic E-state index is 0.287. The van der Waals surface area contributed by atoms with Gasteiger partial charge in [-0.25, -0.2) is 4.98 Å². The lowest BCUT2D eigenvalue weighted by atomic mass is 10.1. The van der Waals surface area contributed by atoms with E-state index in [2.05, 4.69) is 61.8 Å². The smallest absolute Gasteiger partial charge is 0.103 e. The molecule has 0 radical (unpaired) electrons. The molecule has 0 aliphatic carbocycles. The van der Waals surface area contributed by atoms with Crippen molar-refractivity contribution < 1.29 is 0 Å². The molecule has 1 aromatic heterocycles. The Morgan fingerprint density at radius 3 is 2.68 bits per heavy atom. The summed E-state index contributed by atoms with van der Waals surface area (Å²) in [5, 5.41) is 1.22. The lowest BCUT2D eigenvalue weighted by Gasteiger charge is -2.16. The molecule has 0 spiro atoms. The maximum Gasteiger partial charge on any atom is 0.103 e. The predicted molar refractivity (Wildman–Crippen MR) is 91.0 cm³/mol. The summed E-state index contributed by atoms with van der Waals surface area (Å²) in [6, 6.07) is 8.35. The molecule has 19 heavy (non-hydrogen) atoms. The highest BCUT2D eigenvalue weighted by Gasteiger charge is 2.14. The van der Waals surface area contributed by atoms with E-state index in [1.807, 2.05) is 29.2 Å². The molecule has 0 amide bonds. The number of thiazole rings is 1. The molecule has 0 aliphatic rings. The van der Waals surface area contributed by atoms with Crippen molar-refractivity contribution >= 4 is 39.0 Å². The molecule has 0 unspecified atom stereocenters. The fourth-order valence-corrected chi connectivity index (χ4v) is 3.88. The Labute approximate surface area is 132 Å². The molecule has 0 saturated heterocycles. The zero-order valence-corrected chi connectivity index (χ0v) is 14.9. The summed E-state index contributed by atoms with van der Waals surface area (Å²) in [7, 11) is 0. The van der Waals surface area contributed by atoms with Gasteiger partial charge in [0, 0.05) is 25.4 Å². The monoisotopic (exact) mass is 355 g/mol. The van der Waals surface area contributed by atoms with Crippen LogP contribution in [0.15, 0.2) is 28.7 Å². The summed E-state index contributed by atoms with van der Waals surface area (Å²) < 4.78 is 1.39. The molecule has 2 aromatic rings. The molecule has 0 bridgehead atoms. The molecule has 1 aromatic carbocycles. The highest BCUT2D eigenvalue weighted by atomic mass is 79.9. The van der Waals surface area contributed by atoms with Crippen LogP contribution in [-0.2, 0) is 5.75 Å². The van der Waals surface area contributed by atoms with Crippen molar-refractivity contribution in [3.05, 3.63) is 38.6 Å². The van der Waals surface area contributed by atoms with Gasteiger partial charge in [-0.15, -0.1) is 23.1 Å². The van der Waals surface area contributed by atoms with Crippen molar-refractivity contribution in [3.8, 4) is 11.3 Å². The van der Waals surface area contributed by atoms with Crippen molar-refractivity contribution in [2.75, 3.05) is 0 Å². The maximum absolute atomic E-state index is 4.80. The number of hydrogen-bond acceptors (Lipinski definition) is 3. The first-order valence-corrected chi connectivity index (χ1v) is 8.81. The van der Waals surface area contributed by atoms with Gasteiger partial charge in [0.2, 0.25) is 0 Å². The fraction of sp³-hybridized carbons (Fsp3) is 0.400. The minimum absolute atomic E-state index is 0.287. The van der Waals surface area contributed by atoms with Crippen LogP contribution in [0.2, 0.25) is 0 Å². The number of hydrogen-bond donors (Lipinski definition) is 0. The third kappa shape index (κ3) is 4.33. The molecule has 0 fully saturated rings. The van der Waals surface area contributed by atoms with E-state index in [4.69, 9.17) is 4.98 Å². The Balaban J connectivity index is 2.22.